The van der Waals surface area contributed by atoms with E-state index in [0.29, 0.717) is 5.82 Å². The van der Waals surface area contributed by atoms with Gasteiger partial charge in [0.15, 0.2) is 17.3 Å². The van der Waals surface area contributed by atoms with Gasteiger partial charge in [0.1, 0.15) is 6.33 Å². The van der Waals surface area contributed by atoms with Crippen LogP contribution in [0, 0.1) is 0 Å². The molecule has 0 amide bonds. The van der Waals surface area contributed by atoms with Gasteiger partial charge in [-0.1, -0.05) is 0 Å². The third-order valence-corrected chi connectivity index (χ3v) is 2.23. The van der Waals surface area contributed by atoms with Gasteiger partial charge < -0.3 is 9.47 Å². The number of ether oxygens (including phenoxy) is 2. The normalized spacial score (nSPS) is 13.1. The molecule has 0 radical (unpaired) electrons. The van der Waals surface area contributed by atoms with E-state index < -0.39 is 0 Å². The molecule has 76 valence electrons. The monoisotopic (exact) mass is 203 g/mol. The molecule has 5 heteroatoms. The number of hydrogen-bond acceptors (Lipinski definition) is 4. The molecule has 3 rings (SSSR count). The minimum absolute atomic E-state index is 0.286. The average Bonchev–Trinajstić information content (AvgIpc) is 2.84. The molecule has 1 aliphatic heterocycles. The van der Waals surface area contributed by atoms with Gasteiger partial charge in [-0.25, -0.2) is 4.98 Å². The Labute approximate surface area is 86.3 Å². The molecule has 15 heavy (non-hydrogen) atoms. The topological polar surface area (TPSA) is 49.2 Å². The molecule has 0 fully saturated rings. The highest BCUT2D eigenvalue weighted by Crippen LogP contribution is 2.34. The fraction of sp³-hybridized carbons (Fsp3) is 0.200. The summed E-state index contributed by atoms with van der Waals surface area (Å²) in [6.07, 6.45) is 1.67. The molecule has 0 saturated heterocycles. The van der Waals surface area contributed by atoms with Crippen molar-refractivity contribution in [2.24, 2.45) is 7.05 Å². The number of aromatic nitrogens is 3. The van der Waals surface area contributed by atoms with Crippen LogP contribution >= 0.6 is 0 Å². The van der Waals surface area contributed by atoms with Crippen molar-refractivity contribution in [3.63, 3.8) is 0 Å². The molecule has 0 N–H and O–H groups in total. The molecule has 0 saturated carbocycles. The fourth-order valence-corrected chi connectivity index (χ4v) is 1.51. The summed E-state index contributed by atoms with van der Waals surface area (Å²) in [6, 6.07) is 5.68. The second-order valence-electron chi connectivity index (χ2n) is 3.31. The lowest BCUT2D eigenvalue weighted by Gasteiger charge is -1.98. The Kier molecular flexibility index (Phi) is 1.65. The molecular weight excluding hydrogens is 194 g/mol. The van der Waals surface area contributed by atoms with E-state index in [1.54, 1.807) is 11.0 Å². The predicted octanol–water partition coefficient (Wildman–Crippen LogP) is 1.21. The summed E-state index contributed by atoms with van der Waals surface area (Å²) >= 11 is 0. The summed E-state index contributed by atoms with van der Waals surface area (Å²) < 4.78 is 12.2. The number of fused-ring (bicyclic) bond motifs is 1. The first kappa shape index (κ1) is 8.28. The zero-order valence-electron chi connectivity index (χ0n) is 8.17. The third-order valence-electron chi connectivity index (χ3n) is 2.23. The Hall–Kier alpha value is -2.04. The molecule has 1 aromatic heterocycles. The SMILES string of the molecule is Cn1cnc(-c2ccc3c(c2)OCO3)n1. The maximum Gasteiger partial charge on any atom is 0.231 e. The van der Waals surface area contributed by atoms with Gasteiger partial charge in [0.05, 0.1) is 0 Å². The van der Waals surface area contributed by atoms with Gasteiger partial charge in [0.2, 0.25) is 6.79 Å². The number of aryl methyl sites for hydroxylation is 1. The van der Waals surface area contributed by atoms with Crippen LogP contribution in [0.1, 0.15) is 0 Å². The fourth-order valence-electron chi connectivity index (χ4n) is 1.51. The molecule has 0 atom stereocenters. The third kappa shape index (κ3) is 1.32. The quantitative estimate of drug-likeness (QED) is 0.699. The summed E-state index contributed by atoms with van der Waals surface area (Å²) in [7, 11) is 1.84. The number of nitrogens with zero attached hydrogens (tertiary/aromatic N) is 3. The van der Waals surface area contributed by atoms with Crippen molar-refractivity contribution in [1.29, 1.82) is 0 Å². The zero-order valence-corrected chi connectivity index (χ0v) is 8.17. The highest BCUT2D eigenvalue weighted by Gasteiger charge is 2.14. The summed E-state index contributed by atoms with van der Waals surface area (Å²) in [6.45, 7) is 0.286. The van der Waals surface area contributed by atoms with Gasteiger partial charge in [-0.2, -0.15) is 5.10 Å². The van der Waals surface area contributed by atoms with E-state index in [-0.39, 0.29) is 6.79 Å². The summed E-state index contributed by atoms with van der Waals surface area (Å²) in [5, 5.41) is 4.22. The van der Waals surface area contributed by atoms with E-state index in [1.165, 1.54) is 0 Å². The number of benzene rings is 1. The maximum atomic E-state index is 5.28. The Morgan fingerprint density at radius 1 is 1.27 bits per heavy atom. The van der Waals surface area contributed by atoms with E-state index in [9.17, 15) is 0 Å². The summed E-state index contributed by atoms with van der Waals surface area (Å²) in [5.74, 6) is 2.21. The van der Waals surface area contributed by atoms with Crippen LogP contribution in [-0.4, -0.2) is 21.6 Å². The van der Waals surface area contributed by atoms with Crippen molar-refractivity contribution in [1.82, 2.24) is 14.8 Å². The van der Waals surface area contributed by atoms with Gasteiger partial charge in [0.25, 0.3) is 0 Å². The van der Waals surface area contributed by atoms with E-state index in [2.05, 4.69) is 10.1 Å². The lowest BCUT2D eigenvalue weighted by atomic mass is 10.2. The lowest BCUT2D eigenvalue weighted by Crippen LogP contribution is -1.92. The predicted molar refractivity (Wildman–Crippen MR) is 52.6 cm³/mol. The van der Waals surface area contributed by atoms with Gasteiger partial charge >= 0.3 is 0 Å². The van der Waals surface area contributed by atoms with E-state index in [1.807, 2.05) is 25.2 Å². The van der Waals surface area contributed by atoms with Crippen molar-refractivity contribution in [2.45, 2.75) is 0 Å². The van der Waals surface area contributed by atoms with Gasteiger partial charge in [-0.3, -0.25) is 4.68 Å². The number of hydrogen-bond donors (Lipinski definition) is 0. The zero-order chi connectivity index (χ0) is 10.3. The van der Waals surface area contributed by atoms with Crippen molar-refractivity contribution >= 4 is 0 Å². The Morgan fingerprint density at radius 3 is 2.93 bits per heavy atom. The molecule has 1 aromatic carbocycles. The maximum absolute atomic E-state index is 5.28. The molecule has 1 aliphatic rings. The molecule has 0 unspecified atom stereocenters. The first-order valence-electron chi connectivity index (χ1n) is 4.58. The molecule has 0 bridgehead atoms. The first-order valence-corrected chi connectivity index (χ1v) is 4.58. The Bertz CT molecular complexity index is 507. The molecule has 0 aliphatic carbocycles. The van der Waals surface area contributed by atoms with Crippen molar-refractivity contribution in [2.75, 3.05) is 6.79 Å². The largest absolute Gasteiger partial charge is 0.454 e. The smallest absolute Gasteiger partial charge is 0.231 e. The van der Waals surface area contributed by atoms with Crippen LogP contribution in [0.3, 0.4) is 0 Å². The van der Waals surface area contributed by atoms with Crippen molar-refractivity contribution in [3.05, 3.63) is 24.5 Å². The molecule has 2 aromatic rings. The second-order valence-corrected chi connectivity index (χ2v) is 3.31. The minimum Gasteiger partial charge on any atom is -0.454 e. The van der Waals surface area contributed by atoms with Crippen LogP contribution in [0.25, 0.3) is 11.4 Å². The average molecular weight is 203 g/mol. The van der Waals surface area contributed by atoms with E-state index in [4.69, 9.17) is 9.47 Å². The Morgan fingerprint density at radius 2 is 2.13 bits per heavy atom. The first-order chi connectivity index (χ1) is 7.33. The van der Waals surface area contributed by atoms with Gasteiger partial charge in [-0.05, 0) is 18.2 Å². The minimum atomic E-state index is 0.286. The van der Waals surface area contributed by atoms with Gasteiger partial charge in [-0.15, -0.1) is 0 Å². The van der Waals surface area contributed by atoms with Crippen LogP contribution in [0.4, 0.5) is 0 Å². The van der Waals surface area contributed by atoms with Crippen molar-refractivity contribution in [3.8, 4) is 22.9 Å². The molecule has 0 spiro atoms. The highest BCUT2D eigenvalue weighted by molar-refractivity contribution is 5.61. The number of rotatable bonds is 1. The second kappa shape index (κ2) is 2.98. The molecular formula is C10H9N3O2. The van der Waals surface area contributed by atoms with E-state index in [0.717, 1.165) is 17.1 Å². The van der Waals surface area contributed by atoms with Crippen molar-refractivity contribution < 1.29 is 9.47 Å². The molecule has 2 heterocycles. The lowest BCUT2D eigenvalue weighted by molar-refractivity contribution is 0.174. The van der Waals surface area contributed by atoms with Crippen LogP contribution in [0.2, 0.25) is 0 Å². The highest BCUT2D eigenvalue weighted by atomic mass is 16.7. The van der Waals surface area contributed by atoms with Crippen LogP contribution in [0.15, 0.2) is 24.5 Å². The van der Waals surface area contributed by atoms with E-state index >= 15 is 0 Å². The summed E-state index contributed by atoms with van der Waals surface area (Å²) in [5.41, 5.74) is 0.930. The van der Waals surface area contributed by atoms with Gasteiger partial charge in [0, 0.05) is 12.6 Å². The van der Waals surface area contributed by atoms with Crippen LogP contribution in [-0.2, 0) is 7.05 Å². The van der Waals surface area contributed by atoms with Crippen LogP contribution in [0.5, 0.6) is 11.5 Å². The summed E-state index contributed by atoms with van der Waals surface area (Å²) in [4.78, 5) is 4.17. The molecule has 5 nitrogen and oxygen atoms in total. The standard InChI is InChI=1S/C10H9N3O2/c1-13-5-11-10(12-13)7-2-3-8-9(4-7)15-6-14-8/h2-5H,6H2,1H3. The Balaban J connectivity index is 2.06. The van der Waals surface area contributed by atoms with Crippen LogP contribution < -0.4 is 9.47 Å².